The van der Waals surface area contributed by atoms with E-state index >= 15 is 0 Å². The lowest BCUT2D eigenvalue weighted by atomic mass is 9.67. The smallest absolute Gasteiger partial charge is 0.258 e. The highest BCUT2D eigenvalue weighted by Crippen LogP contribution is 2.54. The van der Waals surface area contributed by atoms with Crippen LogP contribution >= 0.6 is 0 Å². The molecule has 0 fully saturated rings. The maximum Gasteiger partial charge on any atom is 0.258 e. The van der Waals surface area contributed by atoms with Crippen LogP contribution in [0.5, 0.6) is 0 Å². The molecule has 2 unspecified atom stereocenters. The third kappa shape index (κ3) is 3.29. The lowest BCUT2D eigenvalue weighted by molar-refractivity contribution is -0.671. The third-order valence-electron chi connectivity index (χ3n) is 7.69. The Morgan fingerprint density at radius 1 is 1.08 bits per heavy atom. The van der Waals surface area contributed by atoms with Crippen molar-refractivity contribution in [1.29, 1.82) is 0 Å². The average molecular weight is 483 g/mol. The third-order valence-corrected chi connectivity index (χ3v) is 7.69. The molecule has 0 N–H and O–H groups in total. The van der Waals surface area contributed by atoms with Gasteiger partial charge in [-0.3, -0.25) is 9.59 Å². The minimum absolute atomic E-state index is 0.0921. The zero-order valence-electron chi connectivity index (χ0n) is 21.1. The summed E-state index contributed by atoms with van der Waals surface area (Å²) in [4.78, 5) is 42.0. The molecule has 0 bridgehead atoms. The molecule has 2 aromatic rings. The standard InChI is InChI=1S/C29H30N4O3/c1-29(2,3)22-8-6-5-7-19(22)26-20-9-10-21-25-24(20)18(16-33(26)36)15-23(34)27(25)32(28(21)35)14-13-31-12-11-30(4)17-31/h5-12,16-17,24,26H,13-15H2,1-4H3/q+2. The van der Waals surface area contributed by atoms with Crippen molar-refractivity contribution in [2.45, 2.75) is 45.2 Å². The zero-order chi connectivity index (χ0) is 25.4. The number of ketones is 1. The summed E-state index contributed by atoms with van der Waals surface area (Å²) in [6.45, 7) is 7.46. The fraction of sp³-hybridized carbons (Fsp3) is 0.345. The van der Waals surface area contributed by atoms with Crippen molar-refractivity contribution in [1.82, 2.24) is 9.47 Å². The topological polar surface area (TPSA) is 66.3 Å². The lowest BCUT2D eigenvalue weighted by Gasteiger charge is -2.35. The van der Waals surface area contributed by atoms with Crippen molar-refractivity contribution in [3.8, 4) is 0 Å². The molecule has 4 aliphatic rings. The molecule has 7 heteroatoms. The number of amides is 1. The Bertz CT molecular complexity index is 1480. The molecular weight excluding hydrogens is 452 g/mol. The number of hydrogen-bond donors (Lipinski definition) is 0. The van der Waals surface area contributed by atoms with Crippen LogP contribution in [0.1, 0.15) is 44.4 Å². The van der Waals surface area contributed by atoms with Crippen LogP contribution in [0.4, 0.5) is 0 Å². The summed E-state index contributed by atoms with van der Waals surface area (Å²) >= 11 is 0. The fourth-order valence-electron chi connectivity index (χ4n) is 6.15. The summed E-state index contributed by atoms with van der Waals surface area (Å²) < 4.78 is 4.95. The van der Waals surface area contributed by atoms with E-state index in [0.717, 1.165) is 32.6 Å². The van der Waals surface area contributed by atoms with E-state index in [4.69, 9.17) is 0 Å². The van der Waals surface area contributed by atoms with Gasteiger partial charge < -0.3 is 4.90 Å². The maximum atomic E-state index is 13.5. The van der Waals surface area contributed by atoms with Crippen LogP contribution in [0.2, 0.25) is 0 Å². The highest BCUT2D eigenvalue weighted by molar-refractivity contribution is 6.14. The van der Waals surface area contributed by atoms with Gasteiger partial charge in [0.25, 0.3) is 11.9 Å². The summed E-state index contributed by atoms with van der Waals surface area (Å²) in [6.07, 6.45) is 11.4. The second-order valence-electron chi connectivity index (χ2n) is 11.1. The van der Waals surface area contributed by atoms with Crippen molar-refractivity contribution < 1.29 is 18.9 Å². The number of benzene rings is 1. The summed E-state index contributed by atoms with van der Waals surface area (Å²) in [7, 11) is 1.95. The first-order chi connectivity index (χ1) is 17.1. The number of Topliss-reactive ketones (excluding diaryl/α,β-unsaturated/α-hetero) is 1. The van der Waals surface area contributed by atoms with Crippen LogP contribution in [0.25, 0.3) is 0 Å². The highest BCUT2D eigenvalue weighted by atomic mass is 16.3. The van der Waals surface area contributed by atoms with E-state index in [-0.39, 0.29) is 29.4 Å². The summed E-state index contributed by atoms with van der Waals surface area (Å²) in [5.74, 6) is -0.442. The maximum absolute atomic E-state index is 13.5. The number of hydrogen-bond acceptors (Lipinski definition) is 3. The van der Waals surface area contributed by atoms with Crippen LogP contribution in [-0.4, -0.2) is 32.5 Å². The molecule has 0 spiro atoms. The Labute approximate surface area is 210 Å². The van der Waals surface area contributed by atoms with Crippen LogP contribution in [0.3, 0.4) is 0 Å². The zero-order valence-corrected chi connectivity index (χ0v) is 21.1. The molecule has 1 amide bonds. The van der Waals surface area contributed by atoms with E-state index in [9.17, 15) is 14.5 Å². The van der Waals surface area contributed by atoms with E-state index < -0.39 is 6.04 Å². The van der Waals surface area contributed by atoms with Gasteiger partial charge in [0.2, 0.25) is 12.5 Å². The normalized spacial score (nSPS) is 23.1. The predicted octanol–water partition coefficient (Wildman–Crippen LogP) is 3.58. The van der Waals surface area contributed by atoms with Gasteiger partial charge in [-0.25, -0.2) is 9.13 Å². The van der Waals surface area contributed by atoms with Gasteiger partial charge in [0.15, 0.2) is 5.78 Å². The van der Waals surface area contributed by atoms with Gasteiger partial charge in [-0.1, -0.05) is 51.1 Å². The predicted molar refractivity (Wildman–Crippen MR) is 133 cm³/mol. The van der Waals surface area contributed by atoms with E-state index in [0.29, 0.717) is 24.4 Å². The van der Waals surface area contributed by atoms with Crippen LogP contribution < -0.4 is 4.57 Å². The molecule has 2 aliphatic carbocycles. The molecule has 1 aromatic heterocycles. The Balaban J connectivity index is 1.45. The number of allylic oxidation sites excluding steroid dienone is 4. The second-order valence-corrected chi connectivity index (χ2v) is 11.1. The average Bonchev–Trinajstić information content (AvgIpc) is 3.37. The van der Waals surface area contributed by atoms with Crippen LogP contribution in [-0.2, 0) is 28.6 Å². The minimum Gasteiger partial charge on any atom is -0.301 e. The number of rotatable bonds is 4. The SMILES string of the molecule is C[n+]1ccn(CCN2C(=O)C3=CC=C4C5C(=C[N+](=O)C4c4ccccc4C(C)(C)C)CC(=O)C2=C35)c1. The monoisotopic (exact) mass is 482 g/mol. The van der Waals surface area contributed by atoms with Crippen LogP contribution in [0, 0.1) is 10.8 Å². The quantitative estimate of drug-likeness (QED) is 0.626. The first-order valence-electron chi connectivity index (χ1n) is 12.4. The van der Waals surface area contributed by atoms with Crippen LogP contribution in [0.15, 0.2) is 89.3 Å². The molecule has 2 aliphatic heterocycles. The Morgan fingerprint density at radius 2 is 1.86 bits per heavy atom. The number of carbonyl (C=O) groups is 2. The number of carbonyl (C=O) groups excluding carboxylic acids is 2. The van der Waals surface area contributed by atoms with E-state index in [1.165, 1.54) is 0 Å². The van der Waals surface area contributed by atoms with Gasteiger partial charge in [-0.05, 0) is 17.1 Å². The molecule has 36 heavy (non-hydrogen) atoms. The van der Waals surface area contributed by atoms with Crippen molar-refractivity contribution in [3.63, 3.8) is 0 Å². The van der Waals surface area contributed by atoms with Gasteiger partial charge in [-0.2, -0.15) is 0 Å². The van der Waals surface area contributed by atoms with Crippen molar-refractivity contribution in [2.75, 3.05) is 6.54 Å². The summed E-state index contributed by atoms with van der Waals surface area (Å²) in [5, 5.41) is 0. The van der Waals surface area contributed by atoms with Gasteiger partial charge in [0.05, 0.1) is 19.3 Å². The first kappa shape index (κ1) is 22.6. The molecule has 0 radical (unpaired) electrons. The number of aryl methyl sites for hydroxylation is 1. The van der Waals surface area contributed by atoms with Gasteiger partial charge in [0.1, 0.15) is 18.9 Å². The molecular formula is C29H30N4O3+2. The molecule has 6 rings (SSSR count). The number of nitroso groups, excluding NO2 is 1. The van der Waals surface area contributed by atoms with E-state index in [1.807, 2.05) is 65.3 Å². The van der Waals surface area contributed by atoms with Crippen molar-refractivity contribution >= 4 is 11.7 Å². The summed E-state index contributed by atoms with van der Waals surface area (Å²) in [5.41, 5.74) is 5.55. The molecule has 7 nitrogen and oxygen atoms in total. The molecule has 0 saturated heterocycles. The number of imidazole rings is 1. The molecule has 1 aromatic carbocycles. The Hall–Kier alpha value is -3.87. The van der Waals surface area contributed by atoms with Gasteiger partial charge >= 0.3 is 0 Å². The minimum atomic E-state index is -0.502. The summed E-state index contributed by atoms with van der Waals surface area (Å²) in [6, 6.07) is 7.60. The first-order valence-corrected chi connectivity index (χ1v) is 12.4. The molecule has 0 saturated carbocycles. The Kier molecular flexibility index (Phi) is 4.90. The highest BCUT2D eigenvalue weighted by Gasteiger charge is 2.54. The molecule has 3 heterocycles. The van der Waals surface area contributed by atoms with Gasteiger partial charge in [-0.15, -0.1) is 0 Å². The number of aromatic nitrogens is 2. The second kappa shape index (κ2) is 7.82. The lowest BCUT2D eigenvalue weighted by Crippen LogP contribution is -2.36. The van der Waals surface area contributed by atoms with Gasteiger partial charge in [0, 0.05) is 49.9 Å². The van der Waals surface area contributed by atoms with E-state index in [2.05, 4.69) is 26.8 Å². The fourth-order valence-corrected chi connectivity index (χ4v) is 6.15. The number of nitrogens with zero attached hydrogens (tertiary/aromatic N) is 4. The largest absolute Gasteiger partial charge is 0.301 e. The molecule has 2 atom stereocenters. The van der Waals surface area contributed by atoms with Crippen molar-refractivity contribution in [3.05, 3.63) is 105 Å². The van der Waals surface area contributed by atoms with E-state index in [1.54, 1.807) is 11.1 Å². The van der Waals surface area contributed by atoms with Crippen molar-refractivity contribution in [2.24, 2.45) is 13.0 Å². The molecule has 182 valence electrons. The Morgan fingerprint density at radius 3 is 2.58 bits per heavy atom.